The van der Waals surface area contributed by atoms with Gasteiger partial charge in [0, 0.05) is 42.4 Å². The van der Waals surface area contributed by atoms with Gasteiger partial charge in [-0.15, -0.1) is 0 Å². The van der Waals surface area contributed by atoms with Crippen LogP contribution in [0, 0.1) is 5.92 Å². The molecule has 3 heterocycles. The normalized spacial score (nSPS) is 22.4. The van der Waals surface area contributed by atoms with Crippen molar-refractivity contribution < 1.29 is 4.79 Å². The van der Waals surface area contributed by atoms with E-state index in [2.05, 4.69) is 78.9 Å². The lowest BCUT2D eigenvalue weighted by Gasteiger charge is -2.38. The Morgan fingerprint density at radius 2 is 2.03 bits per heavy atom. The molecule has 1 amide bonds. The molecule has 1 aromatic heterocycles. The molecule has 0 unspecified atom stereocenters. The fraction of sp³-hybridized carbons (Fsp3) is 0.440. The Kier molecular flexibility index (Phi) is 6.31. The maximum atomic E-state index is 13.2. The first-order chi connectivity index (χ1) is 15.6. The first kappa shape index (κ1) is 21.6. The van der Waals surface area contributed by atoms with E-state index < -0.39 is 0 Å². The third kappa shape index (κ3) is 4.47. The van der Waals surface area contributed by atoms with E-state index in [0.717, 1.165) is 79.1 Å². The monoisotopic (exact) mass is 495 g/mol. The summed E-state index contributed by atoms with van der Waals surface area (Å²) in [4.78, 5) is 22.7. The maximum Gasteiger partial charge on any atom is 0.227 e. The van der Waals surface area contributed by atoms with E-state index in [1.54, 1.807) is 0 Å². The molecule has 2 aliphatic rings. The number of piperidine rings is 1. The average Bonchev–Trinajstić information content (AvgIpc) is 3.16. The van der Waals surface area contributed by atoms with Crippen molar-refractivity contribution in [1.29, 1.82) is 0 Å². The van der Waals surface area contributed by atoms with E-state index >= 15 is 0 Å². The number of fused-ring (bicyclic) bond motifs is 1. The lowest BCUT2D eigenvalue weighted by molar-refractivity contribution is -0.138. The number of hydrogen-bond donors (Lipinski definition) is 1. The molecule has 2 aliphatic heterocycles. The fourth-order valence-electron chi connectivity index (χ4n) is 5.08. The number of carbonyl (C=O) groups is 1. The summed E-state index contributed by atoms with van der Waals surface area (Å²) in [6.45, 7) is 7.22. The van der Waals surface area contributed by atoms with Crippen LogP contribution in [0.2, 0.25) is 0 Å². The van der Waals surface area contributed by atoms with Crippen LogP contribution in [-0.2, 0) is 11.3 Å². The van der Waals surface area contributed by atoms with Gasteiger partial charge in [-0.1, -0.05) is 34.1 Å². The standard InChI is InChI=1S/C25H30BrN5O/c1-18-15-30(13-11-27-18)25(32)19-6-5-12-29(16-19)17-24-28-22-9-2-3-10-23(22)31(24)21-8-4-7-20(26)14-21/h2-4,7-10,14,18-19,27H,5-6,11-13,15-17H2,1H3/t18-,19-/m1/s1. The number of benzene rings is 2. The smallest absolute Gasteiger partial charge is 0.227 e. The van der Waals surface area contributed by atoms with Crippen LogP contribution < -0.4 is 5.32 Å². The molecule has 2 fully saturated rings. The maximum absolute atomic E-state index is 13.2. The van der Waals surface area contributed by atoms with E-state index in [9.17, 15) is 4.79 Å². The summed E-state index contributed by atoms with van der Waals surface area (Å²) in [6, 6.07) is 17.0. The molecular weight excluding hydrogens is 466 g/mol. The van der Waals surface area contributed by atoms with Crippen molar-refractivity contribution >= 4 is 32.9 Å². The van der Waals surface area contributed by atoms with Gasteiger partial charge in [0.25, 0.3) is 0 Å². The minimum atomic E-state index is 0.0812. The average molecular weight is 496 g/mol. The molecule has 0 aliphatic carbocycles. The molecule has 0 bridgehead atoms. The molecule has 2 atom stereocenters. The Labute approximate surface area is 197 Å². The molecular formula is C25H30BrN5O. The second-order valence-corrected chi connectivity index (χ2v) is 9.96. The quantitative estimate of drug-likeness (QED) is 0.597. The molecule has 0 saturated carbocycles. The van der Waals surface area contributed by atoms with Crippen LogP contribution in [0.5, 0.6) is 0 Å². The van der Waals surface area contributed by atoms with E-state index in [0.29, 0.717) is 11.9 Å². The molecule has 7 heteroatoms. The Hall–Kier alpha value is -2.22. The second kappa shape index (κ2) is 9.33. The van der Waals surface area contributed by atoms with Crippen LogP contribution in [0.4, 0.5) is 0 Å². The Balaban J connectivity index is 1.38. The number of halogens is 1. The van der Waals surface area contributed by atoms with E-state index in [4.69, 9.17) is 4.98 Å². The van der Waals surface area contributed by atoms with Gasteiger partial charge in [-0.25, -0.2) is 4.98 Å². The Morgan fingerprint density at radius 3 is 2.88 bits per heavy atom. The topological polar surface area (TPSA) is 53.4 Å². The summed E-state index contributed by atoms with van der Waals surface area (Å²) in [5.41, 5.74) is 3.21. The molecule has 32 heavy (non-hydrogen) atoms. The van der Waals surface area contributed by atoms with Crippen molar-refractivity contribution in [2.45, 2.75) is 32.4 Å². The van der Waals surface area contributed by atoms with Crippen LogP contribution in [-0.4, -0.2) is 64.0 Å². The highest BCUT2D eigenvalue weighted by Crippen LogP contribution is 2.26. The number of likely N-dealkylation sites (tertiary alicyclic amines) is 1. The first-order valence-electron chi connectivity index (χ1n) is 11.6. The molecule has 0 spiro atoms. The van der Waals surface area contributed by atoms with Gasteiger partial charge in [-0.05, 0) is 56.6 Å². The third-order valence-electron chi connectivity index (χ3n) is 6.60. The lowest BCUT2D eigenvalue weighted by atomic mass is 9.96. The van der Waals surface area contributed by atoms with Crippen molar-refractivity contribution in [1.82, 2.24) is 24.7 Å². The van der Waals surface area contributed by atoms with Crippen molar-refractivity contribution in [2.75, 3.05) is 32.7 Å². The second-order valence-electron chi connectivity index (χ2n) is 9.05. The number of amides is 1. The van der Waals surface area contributed by atoms with Crippen LogP contribution >= 0.6 is 15.9 Å². The number of rotatable bonds is 4. The highest BCUT2D eigenvalue weighted by molar-refractivity contribution is 9.10. The van der Waals surface area contributed by atoms with Gasteiger partial charge in [-0.2, -0.15) is 0 Å². The summed E-state index contributed by atoms with van der Waals surface area (Å²) < 4.78 is 3.30. The molecule has 168 valence electrons. The number of nitrogens with zero attached hydrogens (tertiary/aromatic N) is 4. The van der Waals surface area contributed by atoms with Gasteiger partial charge in [0.05, 0.1) is 23.5 Å². The molecule has 5 rings (SSSR count). The largest absolute Gasteiger partial charge is 0.340 e. The predicted molar refractivity (Wildman–Crippen MR) is 131 cm³/mol. The number of nitrogens with one attached hydrogen (secondary N) is 1. The summed E-state index contributed by atoms with van der Waals surface area (Å²) in [6.07, 6.45) is 2.03. The van der Waals surface area contributed by atoms with Gasteiger partial charge in [-0.3, -0.25) is 14.3 Å². The number of imidazole rings is 1. The van der Waals surface area contributed by atoms with E-state index in [1.165, 1.54) is 0 Å². The molecule has 1 N–H and O–H groups in total. The number of para-hydroxylation sites is 2. The molecule has 2 aromatic carbocycles. The van der Waals surface area contributed by atoms with Gasteiger partial charge >= 0.3 is 0 Å². The van der Waals surface area contributed by atoms with Crippen molar-refractivity contribution in [2.24, 2.45) is 5.92 Å². The van der Waals surface area contributed by atoms with Crippen LogP contribution in [0.3, 0.4) is 0 Å². The summed E-state index contributed by atoms with van der Waals surface area (Å²) >= 11 is 3.61. The number of aromatic nitrogens is 2. The van der Waals surface area contributed by atoms with Gasteiger partial charge in [0.15, 0.2) is 0 Å². The zero-order chi connectivity index (χ0) is 22.1. The SMILES string of the molecule is C[C@@H]1CN(C(=O)[C@@H]2CCCN(Cc3nc4ccccc4n3-c3cccc(Br)c3)C2)CCN1. The first-order valence-corrected chi connectivity index (χ1v) is 12.3. The lowest BCUT2D eigenvalue weighted by Crippen LogP contribution is -2.54. The van der Waals surface area contributed by atoms with Gasteiger partial charge in [0.1, 0.15) is 5.82 Å². The van der Waals surface area contributed by atoms with Gasteiger partial charge < -0.3 is 10.2 Å². The highest BCUT2D eigenvalue weighted by Gasteiger charge is 2.31. The van der Waals surface area contributed by atoms with Gasteiger partial charge in [0.2, 0.25) is 5.91 Å². The molecule has 2 saturated heterocycles. The predicted octanol–water partition coefficient (Wildman–Crippen LogP) is 3.82. The van der Waals surface area contributed by atoms with E-state index in [1.807, 2.05) is 12.1 Å². The highest BCUT2D eigenvalue weighted by atomic mass is 79.9. The number of hydrogen-bond acceptors (Lipinski definition) is 4. The Morgan fingerprint density at radius 1 is 1.16 bits per heavy atom. The van der Waals surface area contributed by atoms with Crippen molar-refractivity contribution in [3.63, 3.8) is 0 Å². The zero-order valence-electron chi connectivity index (χ0n) is 18.5. The summed E-state index contributed by atoms with van der Waals surface area (Å²) in [5.74, 6) is 1.43. The summed E-state index contributed by atoms with van der Waals surface area (Å²) in [5, 5.41) is 3.43. The van der Waals surface area contributed by atoms with Crippen LogP contribution in [0.1, 0.15) is 25.6 Å². The minimum Gasteiger partial charge on any atom is -0.340 e. The molecule has 6 nitrogen and oxygen atoms in total. The van der Waals surface area contributed by atoms with Crippen LogP contribution in [0.15, 0.2) is 53.0 Å². The number of piperazine rings is 1. The number of carbonyl (C=O) groups excluding carboxylic acids is 1. The fourth-order valence-corrected chi connectivity index (χ4v) is 5.46. The van der Waals surface area contributed by atoms with Crippen LogP contribution in [0.25, 0.3) is 16.7 Å². The molecule has 3 aromatic rings. The molecule has 0 radical (unpaired) electrons. The minimum absolute atomic E-state index is 0.0812. The van der Waals surface area contributed by atoms with Crippen molar-refractivity contribution in [3.8, 4) is 5.69 Å². The Bertz CT molecular complexity index is 1110. The van der Waals surface area contributed by atoms with Crippen molar-refractivity contribution in [3.05, 3.63) is 58.8 Å². The third-order valence-corrected chi connectivity index (χ3v) is 7.09. The summed E-state index contributed by atoms with van der Waals surface area (Å²) in [7, 11) is 0. The zero-order valence-corrected chi connectivity index (χ0v) is 20.1. The van der Waals surface area contributed by atoms with E-state index in [-0.39, 0.29) is 5.92 Å².